The first-order valence-electron chi connectivity index (χ1n) is 8.88. The maximum absolute atomic E-state index is 12.3. The summed E-state index contributed by atoms with van der Waals surface area (Å²) in [6.45, 7) is 4.83. The molecule has 0 saturated heterocycles. The number of likely N-dealkylation sites (N-methyl/N-ethyl adjacent to an activating group) is 1. The van der Waals surface area contributed by atoms with Crippen LogP contribution in [-0.4, -0.2) is 42.9 Å². The molecule has 1 saturated carbocycles. The highest BCUT2D eigenvalue weighted by Crippen LogP contribution is 2.29. The van der Waals surface area contributed by atoms with E-state index in [2.05, 4.69) is 24.5 Å². The number of hydrogen-bond acceptors (Lipinski definition) is 3. The zero-order valence-corrected chi connectivity index (χ0v) is 16.0. The van der Waals surface area contributed by atoms with Crippen LogP contribution in [0.15, 0.2) is 24.3 Å². The molecule has 1 aromatic carbocycles. The Morgan fingerprint density at radius 2 is 1.76 bits per heavy atom. The van der Waals surface area contributed by atoms with Gasteiger partial charge in [0.05, 0.1) is 13.1 Å². The second kappa shape index (κ2) is 9.20. The number of anilines is 1. The lowest BCUT2D eigenvalue weighted by atomic mass is 9.78. The monoisotopic (exact) mass is 365 g/mol. The summed E-state index contributed by atoms with van der Waals surface area (Å²) in [5.74, 6) is 0.961. The number of carbonyl (C=O) groups is 2. The van der Waals surface area contributed by atoms with Crippen molar-refractivity contribution in [3.05, 3.63) is 29.3 Å². The number of nitrogens with zero attached hydrogens (tertiary/aromatic N) is 1. The van der Waals surface area contributed by atoms with E-state index in [4.69, 9.17) is 11.6 Å². The average Bonchev–Trinajstić information content (AvgIpc) is 2.53. The fourth-order valence-corrected chi connectivity index (χ4v) is 3.44. The average molecular weight is 366 g/mol. The molecule has 2 amide bonds. The molecular weight excluding hydrogens is 338 g/mol. The smallest absolute Gasteiger partial charge is 0.238 e. The first kappa shape index (κ1) is 19.7. The second-order valence-corrected chi connectivity index (χ2v) is 7.61. The molecule has 25 heavy (non-hydrogen) atoms. The molecular formula is C19H28ClN3O2. The second-order valence-electron chi connectivity index (χ2n) is 7.17. The number of carbonyl (C=O) groups excluding carboxylic acids is 2. The Hall–Kier alpha value is -1.59. The molecule has 6 heteroatoms. The molecule has 1 aromatic rings. The third kappa shape index (κ3) is 6.33. The van der Waals surface area contributed by atoms with Crippen molar-refractivity contribution >= 4 is 29.1 Å². The number of halogens is 1. The van der Waals surface area contributed by atoms with Gasteiger partial charge in [-0.3, -0.25) is 14.5 Å². The van der Waals surface area contributed by atoms with E-state index in [1.807, 2.05) is 0 Å². The summed E-state index contributed by atoms with van der Waals surface area (Å²) in [5, 5.41) is 6.55. The standard InChI is InChI=1S/C19H28ClN3O2/c1-13-5-4-6-17(14(13)2)22-19(25)12-23(3)11-18(24)21-16-9-7-15(20)8-10-16/h7-10,13-14,17H,4-6,11-12H2,1-3H3,(H,21,24)(H,22,25)/t13-,14-,17-/m1/s1. The molecule has 2 N–H and O–H groups in total. The summed E-state index contributed by atoms with van der Waals surface area (Å²) in [6.07, 6.45) is 3.44. The summed E-state index contributed by atoms with van der Waals surface area (Å²) in [4.78, 5) is 26.0. The fraction of sp³-hybridized carbons (Fsp3) is 0.579. The lowest BCUT2D eigenvalue weighted by Crippen LogP contribution is -2.47. The van der Waals surface area contributed by atoms with Crippen molar-refractivity contribution in [2.75, 3.05) is 25.5 Å². The first-order chi connectivity index (χ1) is 11.8. The number of hydrogen-bond donors (Lipinski definition) is 2. The largest absolute Gasteiger partial charge is 0.352 e. The predicted octanol–water partition coefficient (Wildman–Crippen LogP) is 3.15. The minimum absolute atomic E-state index is 0.0206. The van der Waals surface area contributed by atoms with Crippen LogP contribution >= 0.6 is 11.6 Å². The van der Waals surface area contributed by atoms with Crippen LogP contribution in [0.25, 0.3) is 0 Å². The molecule has 0 spiro atoms. The quantitative estimate of drug-likeness (QED) is 0.814. The minimum atomic E-state index is -0.155. The summed E-state index contributed by atoms with van der Waals surface area (Å²) < 4.78 is 0. The van der Waals surface area contributed by atoms with Crippen LogP contribution in [0.5, 0.6) is 0 Å². The van der Waals surface area contributed by atoms with Gasteiger partial charge in [-0.05, 0) is 49.6 Å². The number of amides is 2. The molecule has 1 aliphatic carbocycles. The van der Waals surface area contributed by atoms with Crippen molar-refractivity contribution in [2.24, 2.45) is 11.8 Å². The molecule has 5 nitrogen and oxygen atoms in total. The van der Waals surface area contributed by atoms with Gasteiger partial charge in [-0.2, -0.15) is 0 Å². The third-order valence-corrected chi connectivity index (χ3v) is 5.26. The molecule has 1 fully saturated rings. The highest BCUT2D eigenvalue weighted by atomic mass is 35.5. The Kier molecular flexibility index (Phi) is 7.26. The molecule has 138 valence electrons. The summed E-state index contributed by atoms with van der Waals surface area (Å²) in [6, 6.07) is 7.19. The normalized spacial score (nSPS) is 23.3. The number of benzene rings is 1. The van der Waals surface area contributed by atoms with Gasteiger partial charge in [0.2, 0.25) is 11.8 Å². The van der Waals surface area contributed by atoms with E-state index in [9.17, 15) is 9.59 Å². The number of rotatable bonds is 6. The van der Waals surface area contributed by atoms with Gasteiger partial charge in [0, 0.05) is 16.8 Å². The summed E-state index contributed by atoms with van der Waals surface area (Å²) in [5.41, 5.74) is 0.692. The van der Waals surface area contributed by atoms with E-state index in [0.717, 1.165) is 12.8 Å². The maximum atomic E-state index is 12.3. The lowest BCUT2D eigenvalue weighted by molar-refractivity contribution is -0.124. The van der Waals surface area contributed by atoms with Gasteiger partial charge in [0.1, 0.15) is 0 Å². The van der Waals surface area contributed by atoms with E-state index < -0.39 is 0 Å². The van der Waals surface area contributed by atoms with Gasteiger partial charge < -0.3 is 10.6 Å². The van der Waals surface area contributed by atoms with E-state index in [1.54, 1.807) is 36.2 Å². The van der Waals surface area contributed by atoms with Crippen LogP contribution in [0.3, 0.4) is 0 Å². The van der Waals surface area contributed by atoms with Crippen LogP contribution in [0.4, 0.5) is 5.69 Å². The van der Waals surface area contributed by atoms with E-state index in [0.29, 0.717) is 22.5 Å². The van der Waals surface area contributed by atoms with Crippen LogP contribution in [0.1, 0.15) is 33.1 Å². The van der Waals surface area contributed by atoms with Gasteiger partial charge in [-0.1, -0.05) is 38.3 Å². The molecule has 0 bridgehead atoms. The van der Waals surface area contributed by atoms with Gasteiger partial charge in [-0.15, -0.1) is 0 Å². The fourth-order valence-electron chi connectivity index (χ4n) is 3.32. The Morgan fingerprint density at radius 1 is 1.12 bits per heavy atom. The Labute approximate surface area is 155 Å². The van der Waals surface area contributed by atoms with Gasteiger partial charge in [-0.25, -0.2) is 0 Å². The van der Waals surface area contributed by atoms with Crippen LogP contribution in [-0.2, 0) is 9.59 Å². The van der Waals surface area contributed by atoms with E-state index >= 15 is 0 Å². The Bertz CT molecular complexity index is 591. The zero-order valence-electron chi connectivity index (χ0n) is 15.2. The maximum Gasteiger partial charge on any atom is 0.238 e. The zero-order chi connectivity index (χ0) is 18.4. The van der Waals surface area contributed by atoms with Crippen molar-refractivity contribution < 1.29 is 9.59 Å². The molecule has 0 heterocycles. The van der Waals surface area contributed by atoms with Crippen molar-refractivity contribution in [1.29, 1.82) is 0 Å². The predicted molar refractivity (Wildman–Crippen MR) is 102 cm³/mol. The highest BCUT2D eigenvalue weighted by molar-refractivity contribution is 6.30. The van der Waals surface area contributed by atoms with Crippen molar-refractivity contribution in [3.8, 4) is 0 Å². The third-order valence-electron chi connectivity index (χ3n) is 5.01. The van der Waals surface area contributed by atoms with E-state index in [-0.39, 0.29) is 30.9 Å². The van der Waals surface area contributed by atoms with E-state index in [1.165, 1.54) is 6.42 Å². The van der Waals surface area contributed by atoms with Gasteiger partial charge in [0.25, 0.3) is 0 Å². The minimum Gasteiger partial charge on any atom is -0.352 e. The molecule has 1 aliphatic rings. The van der Waals surface area contributed by atoms with Crippen LogP contribution < -0.4 is 10.6 Å². The van der Waals surface area contributed by atoms with Gasteiger partial charge >= 0.3 is 0 Å². The molecule has 0 aliphatic heterocycles. The Balaban J connectivity index is 1.75. The molecule has 0 radical (unpaired) electrons. The highest BCUT2D eigenvalue weighted by Gasteiger charge is 2.28. The number of nitrogens with one attached hydrogen (secondary N) is 2. The lowest BCUT2D eigenvalue weighted by Gasteiger charge is -2.34. The first-order valence-corrected chi connectivity index (χ1v) is 9.26. The van der Waals surface area contributed by atoms with Gasteiger partial charge in [0.15, 0.2) is 0 Å². The van der Waals surface area contributed by atoms with Crippen molar-refractivity contribution in [1.82, 2.24) is 10.2 Å². The summed E-state index contributed by atoms with van der Waals surface area (Å²) >= 11 is 5.82. The SMILES string of the molecule is C[C@@H]1[C@H](C)CCC[C@H]1NC(=O)CN(C)CC(=O)Nc1ccc(Cl)cc1. The summed E-state index contributed by atoms with van der Waals surface area (Å²) in [7, 11) is 1.77. The molecule has 3 atom stereocenters. The topological polar surface area (TPSA) is 61.4 Å². The molecule has 0 aromatic heterocycles. The van der Waals surface area contributed by atoms with Crippen LogP contribution in [0.2, 0.25) is 5.02 Å². The van der Waals surface area contributed by atoms with Crippen LogP contribution in [0, 0.1) is 11.8 Å². The Morgan fingerprint density at radius 3 is 2.44 bits per heavy atom. The molecule has 0 unspecified atom stereocenters. The van der Waals surface area contributed by atoms with Crippen molar-refractivity contribution in [2.45, 2.75) is 39.2 Å². The van der Waals surface area contributed by atoms with Crippen molar-refractivity contribution in [3.63, 3.8) is 0 Å². The molecule has 2 rings (SSSR count).